The van der Waals surface area contributed by atoms with E-state index in [-0.39, 0.29) is 16.1 Å². The Morgan fingerprint density at radius 3 is 2.38 bits per heavy atom. The van der Waals surface area contributed by atoms with E-state index < -0.39 is 0 Å². The zero-order valence-corrected chi connectivity index (χ0v) is 7.75. The van der Waals surface area contributed by atoms with E-state index in [1.165, 1.54) is 4.99 Å². The molecule has 0 aliphatic heterocycles. The van der Waals surface area contributed by atoms with Crippen LogP contribution in [0.25, 0.3) is 0 Å². The number of alkyl halides is 1. The van der Waals surface area contributed by atoms with E-state index in [0.717, 1.165) is 0 Å². The highest BCUT2D eigenvalue weighted by Gasteiger charge is 2.00. The zero-order chi connectivity index (χ0) is 6.57. The summed E-state index contributed by atoms with van der Waals surface area (Å²) in [7, 11) is 0. The van der Waals surface area contributed by atoms with E-state index in [1.807, 2.05) is 0 Å². The van der Waals surface area contributed by atoms with Crippen LogP contribution in [0.2, 0.25) is 0 Å². The lowest BCUT2D eigenvalue weighted by Gasteiger charge is -1.86. The number of allylic oxidation sites excluding steroid dienone is 1. The van der Waals surface area contributed by atoms with Crippen LogP contribution in [-0.4, -0.2) is 11.1 Å². The molecule has 0 aliphatic rings. The minimum atomic E-state index is -0.122. The first kappa shape index (κ1) is 8.66. The molecule has 0 aromatic carbocycles. The molecule has 0 aromatic heterocycles. The summed E-state index contributed by atoms with van der Waals surface area (Å²) >= 11 is 11.2. The van der Waals surface area contributed by atoms with E-state index in [1.54, 1.807) is 0 Å². The van der Waals surface area contributed by atoms with Gasteiger partial charge in [-0.05, 0) is 0 Å². The maximum atomic E-state index is 10.5. The summed E-state index contributed by atoms with van der Waals surface area (Å²) in [5.74, 6) is -0.122. The Labute approximate surface area is 69.3 Å². The molecule has 0 rings (SSSR count). The highest BCUT2D eigenvalue weighted by Crippen LogP contribution is 2.06. The molecule has 0 saturated carbocycles. The van der Waals surface area contributed by atoms with Crippen LogP contribution in [0, 0.1) is 0 Å². The molecule has 0 spiro atoms. The van der Waals surface area contributed by atoms with Crippen molar-refractivity contribution in [2.75, 3.05) is 5.33 Å². The molecule has 0 fully saturated rings. The lowest BCUT2D eigenvalue weighted by molar-refractivity contribution is -0.112. The van der Waals surface area contributed by atoms with Crippen molar-refractivity contribution < 1.29 is 4.79 Å². The Hall–Kier alpha value is 0.660. The van der Waals surface area contributed by atoms with Gasteiger partial charge in [-0.25, -0.2) is 0 Å². The predicted octanol–water partition coefficient (Wildman–Crippen LogP) is 2.43. The van der Waals surface area contributed by atoms with Crippen molar-refractivity contribution in [3.63, 3.8) is 0 Å². The van der Waals surface area contributed by atoms with Gasteiger partial charge < -0.3 is 0 Å². The van der Waals surface area contributed by atoms with E-state index in [4.69, 9.17) is 11.6 Å². The van der Waals surface area contributed by atoms with Crippen LogP contribution in [0.3, 0.4) is 0 Å². The van der Waals surface area contributed by atoms with Gasteiger partial charge in [0.2, 0.25) is 0 Å². The van der Waals surface area contributed by atoms with Crippen LogP contribution in [0.5, 0.6) is 0 Å². The summed E-state index contributed by atoms with van der Waals surface area (Å²) in [4.78, 5) is 11.9. The van der Waals surface area contributed by atoms with Gasteiger partial charge in [-0.2, -0.15) is 0 Å². The van der Waals surface area contributed by atoms with E-state index in [2.05, 4.69) is 31.9 Å². The first-order chi connectivity index (χ1) is 3.72. The fourth-order valence-electron chi connectivity index (χ4n) is 0.125. The topological polar surface area (TPSA) is 17.1 Å². The van der Waals surface area contributed by atoms with Gasteiger partial charge in [-0.15, -0.1) is 0 Å². The molecule has 0 saturated heterocycles. The molecule has 0 aliphatic carbocycles. The third kappa shape index (κ3) is 2.84. The molecular formula is C4H3Br2ClO. The Bertz CT molecular complexity index is 121. The van der Waals surface area contributed by atoms with Gasteiger partial charge in [0.1, 0.15) is 0 Å². The van der Waals surface area contributed by atoms with Crippen molar-refractivity contribution in [3.05, 3.63) is 10.0 Å². The molecule has 0 atom stereocenters. The number of Topliss-reactive ketones (excluding diaryl/α,β-unsaturated/α-hetero) is 1. The molecular weight excluding hydrogens is 259 g/mol. The maximum absolute atomic E-state index is 10.5. The quantitative estimate of drug-likeness (QED) is 0.552. The molecule has 0 radical (unpaired) electrons. The van der Waals surface area contributed by atoms with Gasteiger partial charge in [-0.3, -0.25) is 4.79 Å². The molecule has 0 N–H and O–H groups in total. The van der Waals surface area contributed by atoms with E-state index in [0.29, 0.717) is 0 Å². The molecule has 0 bridgehead atoms. The average molecular weight is 262 g/mol. The second-order valence-corrected chi connectivity index (χ2v) is 2.44. The van der Waals surface area contributed by atoms with Crippen molar-refractivity contribution in [2.24, 2.45) is 0 Å². The highest BCUT2D eigenvalue weighted by atomic mass is 79.9. The van der Waals surface area contributed by atoms with Gasteiger partial charge in [-0.1, -0.05) is 43.5 Å². The lowest BCUT2D eigenvalue weighted by Crippen LogP contribution is -1.96. The first-order valence-electron chi connectivity index (χ1n) is 1.77. The molecule has 0 amide bonds. The number of ketones is 1. The Kier molecular flexibility index (Phi) is 4.90. The van der Waals surface area contributed by atoms with Crippen LogP contribution >= 0.6 is 43.5 Å². The monoisotopic (exact) mass is 260 g/mol. The maximum Gasteiger partial charge on any atom is 0.185 e. The second kappa shape index (κ2) is 4.53. The minimum Gasteiger partial charge on any atom is -0.292 e. The SMILES string of the molecule is O=C(CBr)C(Cl)=CBr. The van der Waals surface area contributed by atoms with Crippen molar-refractivity contribution in [3.8, 4) is 0 Å². The second-order valence-electron chi connectivity index (χ2n) is 1.01. The Morgan fingerprint density at radius 2 is 2.25 bits per heavy atom. The van der Waals surface area contributed by atoms with Crippen molar-refractivity contribution >= 4 is 49.2 Å². The molecule has 0 heterocycles. The molecule has 1 nitrogen and oxygen atoms in total. The summed E-state index contributed by atoms with van der Waals surface area (Å²) in [6.45, 7) is 0. The lowest BCUT2D eigenvalue weighted by atomic mass is 10.4. The number of rotatable bonds is 2. The third-order valence-electron chi connectivity index (χ3n) is 0.484. The van der Waals surface area contributed by atoms with Gasteiger partial charge in [0.15, 0.2) is 5.78 Å². The third-order valence-corrected chi connectivity index (χ3v) is 2.03. The number of carbonyl (C=O) groups is 1. The van der Waals surface area contributed by atoms with Crippen molar-refractivity contribution in [1.29, 1.82) is 0 Å². The van der Waals surface area contributed by atoms with Crippen LogP contribution in [0.4, 0.5) is 0 Å². The van der Waals surface area contributed by atoms with Crippen LogP contribution in [0.1, 0.15) is 0 Å². The fraction of sp³-hybridized carbons (Fsp3) is 0.250. The molecule has 46 valence electrons. The number of halogens is 3. The van der Waals surface area contributed by atoms with Gasteiger partial charge in [0, 0.05) is 4.99 Å². The van der Waals surface area contributed by atoms with Gasteiger partial charge in [0.25, 0.3) is 0 Å². The van der Waals surface area contributed by atoms with Crippen LogP contribution < -0.4 is 0 Å². The number of carbonyl (C=O) groups excluding carboxylic acids is 1. The van der Waals surface area contributed by atoms with E-state index >= 15 is 0 Å². The summed E-state index contributed by atoms with van der Waals surface area (Å²) in [5, 5.41) is 0.482. The predicted molar refractivity (Wildman–Crippen MR) is 41.7 cm³/mol. The van der Waals surface area contributed by atoms with Crippen LogP contribution in [0.15, 0.2) is 10.0 Å². The number of hydrogen-bond donors (Lipinski definition) is 0. The normalized spacial score (nSPS) is 11.6. The highest BCUT2D eigenvalue weighted by molar-refractivity contribution is 9.11. The summed E-state index contributed by atoms with van der Waals surface area (Å²) < 4.78 is 0. The minimum absolute atomic E-state index is 0.122. The van der Waals surface area contributed by atoms with Crippen molar-refractivity contribution in [2.45, 2.75) is 0 Å². The summed E-state index contributed by atoms with van der Waals surface area (Å²) in [6, 6.07) is 0. The molecule has 0 unspecified atom stereocenters. The van der Waals surface area contributed by atoms with Crippen LogP contribution in [-0.2, 0) is 4.79 Å². The summed E-state index contributed by atoms with van der Waals surface area (Å²) in [6.07, 6.45) is 0. The number of hydrogen-bond acceptors (Lipinski definition) is 1. The smallest absolute Gasteiger partial charge is 0.185 e. The average Bonchev–Trinajstić information content (AvgIpc) is 1.84. The van der Waals surface area contributed by atoms with Gasteiger partial charge >= 0.3 is 0 Å². The molecule has 8 heavy (non-hydrogen) atoms. The molecule has 0 aromatic rings. The van der Waals surface area contributed by atoms with Crippen molar-refractivity contribution in [1.82, 2.24) is 0 Å². The zero-order valence-electron chi connectivity index (χ0n) is 3.83. The fourth-order valence-corrected chi connectivity index (χ4v) is 0.910. The Morgan fingerprint density at radius 1 is 1.75 bits per heavy atom. The van der Waals surface area contributed by atoms with Gasteiger partial charge in [0.05, 0.1) is 10.4 Å². The van der Waals surface area contributed by atoms with E-state index in [9.17, 15) is 4.79 Å². The largest absolute Gasteiger partial charge is 0.292 e. The standard InChI is InChI=1S/C4H3Br2ClO/c5-1-3(7)4(8)2-6/h1H,2H2. The summed E-state index contributed by atoms with van der Waals surface area (Å²) in [5.41, 5.74) is 0. The molecule has 4 heteroatoms. The first-order valence-corrected chi connectivity index (χ1v) is 4.19. The Balaban J connectivity index is 3.83.